The van der Waals surface area contributed by atoms with E-state index in [2.05, 4.69) is 20.6 Å². The molecule has 0 aliphatic carbocycles. The summed E-state index contributed by atoms with van der Waals surface area (Å²) in [6.07, 6.45) is 6.23. The summed E-state index contributed by atoms with van der Waals surface area (Å²) in [5, 5.41) is 3.86. The summed E-state index contributed by atoms with van der Waals surface area (Å²) in [6, 6.07) is 17.0. The fraction of sp³-hybridized carbons (Fsp3) is 0.333. The number of methoxy groups -OCH3 is 1. The van der Waals surface area contributed by atoms with Gasteiger partial charge < -0.3 is 25.1 Å². The minimum absolute atomic E-state index is 0.236. The van der Waals surface area contributed by atoms with Crippen molar-refractivity contribution in [2.24, 2.45) is 0 Å². The molecule has 1 aliphatic rings. The molecule has 9 heteroatoms. The summed E-state index contributed by atoms with van der Waals surface area (Å²) in [5.41, 5.74) is 5.86. The second-order valence-corrected chi connectivity index (χ2v) is 9.68. The van der Waals surface area contributed by atoms with Crippen molar-refractivity contribution in [1.29, 1.82) is 0 Å². The van der Waals surface area contributed by atoms with E-state index in [9.17, 15) is 9.18 Å². The highest BCUT2D eigenvalue weighted by molar-refractivity contribution is 6.03. The molecule has 2 N–H and O–H groups in total. The third kappa shape index (κ3) is 6.15. The quantitative estimate of drug-likeness (QED) is 0.269. The number of carbonyl (C=O) groups is 1. The first kappa shape index (κ1) is 26.5. The van der Waals surface area contributed by atoms with Crippen LogP contribution in [0.1, 0.15) is 41.1 Å². The molecule has 39 heavy (non-hydrogen) atoms. The highest BCUT2D eigenvalue weighted by Crippen LogP contribution is 2.36. The zero-order chi connectivity index (χ0) is 27.2. The molecule has 0 atom stereocenters. The summed E-state index contributed by atoms with van der Waals surface area (Å²) in [4.78, 5) is 19.6. The number of rotatable bonds is 10. The van der Waals surface area contributed by atoms with Crippen LogP contribution in [0, 0.1) is 0 Å². The van der Waals surface area contributed by atoms with Crippen molar-refractivity contribution >= 4 is 22.6 Å². The molecule has 0 radical (unpaired) electrons. The molecule has 0 unspecified atom stereocenters. The zero-order valence-corrected chi connectivity index (χ0v) is 22.3. The molecule has 1 fully saturated rings. The Morgan fingerprint density at radius 2 is 1.87 bits per heavy atom. The van der Waals surface area contributed by atoms with Gasteiger partial charge in [0.2, 0.25) is 0 Å². The van der Waals surface area contributed by atoms with Gasteiger partial charge in [-0.05, 0) is 74.2 Å². The van der Waals surface area contributed by atoms with Gasteiger partial charge in [0.25, 0.3) is 5.91 Å². The van der Waals surface area contributed by atoms with E-state index in [-0.39, 0.29) is 12.6 Å². The number of aromatic nitrogens is 2. The van der Waals surface area contributed by atoms with Crippen LogP contribution in [0.3, 0.4) is 0 Å². The monoisotopic (exact) mass is 531 g/mol. The Labute approximate surface area is 227 Å². The molecule has 0 spiro atoms. The Morgan fingerprint density at radius 1 is 1.08 bits per heavy atom. The number of carbonyl (C=O) groups excluding carboxylic acids is 1. The first-order valence-electron chi connectivity index (χ1n) is 13.3. The summed E-state index contributed by atoms with van der Waals surface area (Å²) in [5.74, 6) is 2.30. The fourth-order valence-electron chi connectivity index (χ4n) is 5.11. The number of halogens is 1. The van der Waals surface area contributed by atoms with Crippen LogP contribution in [0.25, 0.3) is 10.9 Å². The van der Waals surface area contributed by atoms with Crippen LogP contribution in [0.4, 0.5) is 10.2 Å². The van der Waals surface area contributed by atoms with Gasteiger partial charge in [0.1, 0.15) is 11.6 Å². The standard InChI is InChI=1S/C30H34FN5O3/c1-32-36-17-11-24-18-28(27(38-2)20-26(24)36)39-25-8-13-33-29(19-25)34-30(37)23-6-4-21(5-7-23)22-9-15-35(16-10-22)14-3-12-31/h4-8,11,13,17-20,22,32H,3,9-10,12,14-16H2,1-2H3,(H,33,34,37). The smallest absolute Gasteiger partial charge is 0.256 e. The maximum Gasteiger partial charge on any atom is 0.256 e. The number of likely N-dealkylation sites (tertiary alicyclic amines) is 1. The molecule has 1 saturated heterocycles. The molecule has 2 aromatic carbocycles. The minimum atomic E-state index is -0.256. The lowest BCUT2D eigenvalue weighted by Crippen LogP contribution is -2.33. The number of anilines is 1. The number of fused-ring (bicyclic) bond motifs is 1. The van der Waals surface area contributed by atoms with E-state index in [4.69, 9.17) is 9.47 Å². The fourth-order valence-corrected chi connectivity index (χ4v) is 5.11. The molecule has 0 bridgehead atoms. The van der Waals surface area contributed by atoms with Crippen LogP contribution in [-0.2, 0) is 0 Å². The van der Waals surface area contributed by atoms with Gasteiger partial charge in [-0.3, -0.25) is 13.9 Å². The van der Waals surface area contributed by atoms with Crippen molar-refractivity contribution in [3.8, 4) is 17.2 Å². The van der Waals surface area contributed by atoms with Crippen molar-refractivity contribution in [2.45, 2.75) is 25.2 Å². The lowest BCUT2D eigenvalue weighted by molar-refractivity contribution is 0.102. The number of nitrogens with zero attached hydrogens (tertiary/aromatic N) is 3. The van der Waals surface area contributed by atoms with Crippen molar-refractivity contribution in [3.63, 3.8) is 0 Å². The minimum Gasteiger partial charge on any atom is -0.493 e. The number of piperidine rings is 1. The van der Waals surface area contributed by atoms with E-state index in [0.29, 0.717) is 41.0 Å². The highest BCUT2D eigenvalue weighted by Gasteiger charge is 2.20. The van der Waals surface area contributed by atoms with Crippen LogP contribution in [0.2, 0.25) is 0 Å². The zero-order valence-electron chi connectivity index (χ0n) is 22.3. The Balaban J connectivity index is 1.22. The van der Waals surface area contributed by atoms with E-state index in [1.165, 1.54) is 5.56 Å². The molecule has 2 aromatic heterocycles. The van der Waals surface area contributed by atoms with E-state index < -0.39 is 0 Å². The second kappa shape index (κ2) is 12.2. The Morgan fingerprint density at radius 3 is 2.59 bits per heavy atom. The summed E-state index contributed by atoms with van der Waals surface area (Å²) < 4.78 is 26.0. The number of benzene rings is 2. The Bertz CT molecular complexity index is 1410. The largest absolute Gasteiger partial charge is 0.493 e. The van der Waals surface area contributed by atoms with Gasteiger partial charge >= 0.3 is 0 Å². The van der Waals surface area contributed by atoms with Gasteiger partial charge in [-0.2, -0.15) is 0 Å². The number of ether oxygens (including phenoxy) is 2. The summed E-state index contributed by atoms with van der Waals surface area (Å²) in [6.45, 7) is 2.54. The average Bonchev–Trinajstić information content (AvgIpc) is 3.38. The molecular formula is C30H34FN5O3. The van der Waals surface area contributed by atoms with E-state index in [1.54, 1.807) is 25.4 Å². The number of alkyl halides is 1. The van der Waals surface area contributed by atoms with E-state index in [1.807, 2.05) is 60.4 Å². The molecular weight excluding hydrogens is 497 g/mol. The number of pyridine rings is 1. The molecule has 4 aromatic rings. The molecule has 204 valence electrons. The van der Waals surface area contributed by atoms with Crippen LogP contribution < -0.4 is 20.2 Å². The first-order valence-corrected chi connectivity index (χ1v) is 13.3. The predicted octanol–water partition coefficient (Wildman–Crippen LogP) is 5.80. The Hall–Kier alpha value is -4.11. The van der Waals surface area contributed by atoms with Crippen LogP contribution in [0.5, 0.6) is 17.2 Å². The van der Waals surface area contributed by atoms with Gasteiger partial charge in [0.05, 0.1) is 19.3 Å². The molecule has 0 saturated carbocycles. The maximum absolute atomic E-state index is 12.9. The third-order valence-electron chi connectivity index (χ3n) is 7.26. The molecule has 5 rings (SSSR count). The van der Waals surface area contributed by atoms with Crippen molar-refractivity contribution in [1.82, 2.24) is 14.6 Å². The van der Waals surface area contributed by atoms with E-state index in [0.717, 1.165) is 43.4 Å². The third-order valence-corrected chi connectivity index (χ3v) is 7.26. The number of nitrogens with one attached hydrogen (secondary N) is 2. The van der Waals surface area contributed by atoms with Gasteiger partial charge in [-0.25, -0.2) is 4.98 Å². The lowest BCUT2D eigenvalue weighted by atomic mass is 9.89. The van der Waals surface area contributed by atoms with Crippen LogP contribution >= 0.6 is 0 Å². The lowest BCUT2D eigenvalue weighted by Gasteiger charge is -2.32. The molecule has 1 aliphatic heterocycles. The average molecular weight is 532 g/mol. The number of amides is 1. The topological polar surface area (TPSA) is 80.7 Å². The maximum atomic E-state index is 12.9. The number of hydrogen-bond acceptors (Lipinski definition) is 6. The van der Waals surface area contributed by atoms with E-state index >= 15 is 0 Å². The summed E-state index contributed by atoms with van der Waals surface area (Å²) >= 11 is 0. The van der Waals surface area contributed by atoms with Gasteiger partial charge in [0.15, 0.2) is 11.5 Å². The molecule has 1 amide bonds. The van der Waals surface area contributed by atoms with Crippen LogP contribution in [-0.4, -0.2) is 60.9 Å². The highest BCUT2D eigenvalue weighted by atomic mass is 19.1. The van der Waals surface area contributed by atoms with Crippen molar-refractivity contribution in [2.75, 3.05) is 51.2 Å². The summed E-state index contributed by atoms with van der Waals surface area (Å²) in [7, 11) is 3.45. The first-order chi connectivity index (χ1) is 19.1. The molecule has 8 nitrogen and oxygen atoms in total. The van der Waals surface area contributed by atoms with Crippen LogP contribution in [0.15, 0.2) is 67.0 Å². The SMILES string of the molecule is CNn1ccc2cc(Oc3ccnc(NC(=O)c4ccc(C5CCN(CCCF)CC5)cc4)c3)c(OC)cc21. The van der Waals surface area contributed by atoms with Crippen molar-refractivity contribution in [3.05, 3.63) is 78.1 Å². The number of hydrogen-bond donors (Lipinski definition) is 2. The molecule has 3 heterocycles. The van der Waals surface area contributed by atoms with Crippen molar-refractivity contribution < 1.29 is 18.7 Å². The van der Waals surface area contributed by atoms with Gasteiger partial charge in [-0.15, -0.1) is 0 Å². The second-order valence-electron chi connectivity index (χ2n) is 9.68. The van der Waals surface area contributed by atoms with Gasteiger partial charge in [0, 0.05) is 49.1 Å². The Kier molecular flexibility index (Phi) is 8.27. The van der Waals surface area contributed by atoms with Gasteiger partial charge in [-0.1, -0.05) is 12.1 Å². The predicted molar refractivity (Wildman–Crippen MR) is 151 cm³/mol. The normalized spacial score (nSPS) is 14.3.